The molecule has 0 fully saturated rings. The molecule has 0 bridgehead atoms. The summed E-state index contributed by atoms with van der Waals surface area (Å²) < 4.78 is 11.6. The number of ether oxygens (including phenoxy) is 1. The molecule has 0 saturated carbocycles. The van der Waals surface area contributed by atoms with Gasteiger partial charge in [-0.2, -0.15) is 0 Å². The summed E-state index contributed by atoms with van der Waals surface area (Å²) in [6.07, 6.45) is 1.49. The van der Waals surface area contributed by atoms with Crippen LogP contribution in [0.5, 0.6) is 5.75 Å². The van der Waals surface area contributed by atoms with Crippen LogP contribution in [0.25, 0.3) is 0 Å². The van der Waals surface area contributed by atoms with Crippen LogP contribution in [0.3, 0.4) is 0 Å². The summed E-state index contributed by atoms with van der Waals surface area (Å²) in [5.74, 6) is 1.50. The summed E-state index contributed by atoms with van der Waals surface area (Å²) >= 11 is 3.35. The van der Waals surface area contributed by atoms with Crippen molar-refractivity contribution in [2.75, 3.05) is 6.61 Å². The summed E-state index contributed by atoms with van der Waals surface area (Å²) in [5.41, 5.74) is 0. The minimum Gasteiger partial charge on any atom is -0.491 e. The zero-order valence-corrected chi connectivity index (χ0v) is 10.8. The van der Waals surface area contributed by atoms with E-state index in [9.17, 15) is 5.11 Å². The molecule has 1 aromatic carbocycles. The van der Waals surface area contributed by atoms with Gasteiger partial charge in [-0.25, -0.2) is 0 Å². The first-order valence-electron chi connectivity index (χ1n) is 5.33. The molecule has 0 radical (unpaired) electrons. The van der Waals surface area contributed by atoms with Crippen molar-refractivity contribution >= 4 is 15.9 Å². The molecule has 17 heavy (non-hydrogen) atoms. The smallest absolute Gasteiger partial charge is 0.119 e. The molecular formula is C13H13BrO3. The van der Waals surface area contributed by atoms with Gasteiger partial charge in [-0.1, -0.05) is 15.9 Å². The van der Waals surface area contributed by atoms with Crippen molar-refractivity contribution in [3.05, 3.63) is 52.9 Å². The minimum absolute atomic E-state index is 0.252. The molecule has 1 aromatic heterocycles. The first kappa shape index (κ1) is 12.2. The summed E-state index contributed by atoms with van der Waals surface area (Å²) in [4.78, 5) is 0. The topological polar surface area (TPSA) is 42.6 Å². The number of furan rings is 1. The fourth-order valence-electron chi connectivity index (χ4n) is 1.44. The Kier molecular flexibility index (Phi) is 4.23. The summed E-state index contributed by atoms with van der Waals surface area (Å²) in [5, 5.41) is 9.74. The SMILES string of the molecule is OC(COc1ccc(Br)cc1)Cc1ccco1. The molecule has 1 unspecified atom stereocenters. The number of hydrogen-bond donors (Lipinski definition) is 1. The van der Waals surface area contributed by atoms with E-state index in [0.717, 1.165) is 16.0 Å². The number of halogens is 1. The van der Waals surface area contributed by atoms with Crippen LogP contribution in [0.4, 0.5) is 0 Å². The van der Waals surface area contributed by atoms with E-state index < -0.39 is 6.10 Å². The molecule has 1 heterocycles. The predicted octanol–water partition coefficient (Wildman–Crippen LogP) is 3.02. The molecule has 0 saturated heterocycles. The lowest BCUT2D eigenvalue weighted by Gasteiger charge is -2.11. The number of rotatable bonds is 5. The zero-order valence-electron chi connectivity index (χ0n) is 9.17. The van der Waals surface area contributed by atoms with Crippen LogP contribution < -0.4 is 4.74 Å². The average molecular weight is 297 g/mol. The van der Waals surface area contributed by atoms with Gasteiger partial charge in [0.1, 0.15) is 18.1 Å². The fourth-order valence-corrected chi connectivity index (χ4v) is 1.71. The second-order valence-electron chi connectivity index (χ2n) is 3.70. The van der Waals surface area contributed by atoms with Gasteiger partial charge in [0.2, 0.25) is 0 Å². The van der Waals surface area contributed by atoms with Gasteiger partial charge in [0.15, 0.2) is 0 Å². The van der Waals surface area contributed by atoms with Crippen molar-refractivity contribution in [3.8, 4) is 5.75 Å². The maximum atomic E-state index is 9.74. The highest BCUT2D eigenvalue weighted by molar-refractivity contribution is 9.10. The number of benzene rings is 1. The lowest BCUT2D eigenvalue weighted by atomic mass is 10.2. The van der Waals surface area contributed by atoms with Crippen LogP contribution in [0.15, 0.2) is 51.6 Å². The fraction of sp³-hybridized carbons (Fsp3) is 0.231. The number of aliphatic hydroxyl groups is 1. The van der Waals surface area contributed by atoms with E-state index in [0.29, 0.717) is 6.42 Å². The van der Waals surface area contributed by atoms with E-state index in [1.165, 1.54) is 0 Å². The van der Waals surface area contributed by atoms with Gasteiger partial charge in [-0.15, -0.1) is 0 Å². The molecule has 0 amide bonds. The van der Waals surface area contributed by atoms with Crippen LogP contribution in [-0.2, 0) is 6.42 Å². The van der Waals surface area contributed by atoms with Crippen molar-refractivity contribution in [2.45, 2.75) is 12.5 Å². The molecular weight excluding hydrogens is 284 g/mol. The van der Waals surface area contributed by atoms with Gasteiger partial charge in [-0.3, -0.25) is 0 Å². The summed E-state index contributed by atoms with van der Waals surface area (Å²) in [6, 6.07) is 11.1. The van der Waals surface area contributed by atoms with Crippen molar-refractivity contribution in [1.82, 2.24) is 0 Å². The lowest BCUT2D eigenvalue weighted by molar-refractivity contribution is 0.103. The third-order valence-electron chi connectivity index (χ3n) is 2.27. The Labute approximate surface area is 108 Å². The predicted molar refractivity (Wildman–Crippen MR) is 68.1 cm³/mol. The maximum absolute atomic E-state index is 9.74. The van der Waals surface area contributed by atoms with Crippen molar-refractivity contribution in [3.63, 3.8) is 0 Å². The second kappa shape index (κ2) is 5.89. The molecule has 0 spiro atoms. The van der Waals surface area contributed by atoms with Crippen molar-refractivity contribution in [1.29, 1.82) is 0 Å². The number of hydrogen-bond acceptors (Lipinski definition) is 3. The Balaban J connectivity index is 1.79. The third-order valence-corrected chi connectivity index (χ3v) is 2.80. The Bertz CT molecular complexity index is 436. The minimum atomic E-state index is -0.565. The molecule has 4 heteroatoms. The van der Waals surface area contributed by atoms with E-state index in [4.69, 9.17) is 9.15 Å². The van der Waals surface area contributed by atoms with E-state index >= 15 is 0 Å². The van der Waals surface area contributed by atoms with E-state index in [1.807, 2.05) is 30.3 Å². The van der Waals surface area contributed by atoms with Gasteiger partial charge in [0.25, 0.3) is 0 Å². The van der Waals surface area contributed by atoms with E-state index in [-0.39, 0.29) is 6.61 Å². The second-order valence-corrected chi connectivity index (χ2v) is 4.62. The van der Waals surface area contributed by atoms with Gasteiger partial charge >= 0.3 is 0 Å². The molecule has 2 aromatic rings. The Morgan fingerprint density at radius 3 is 2.65 bits per heavy atom. The molecule has 1 N–H and O–H groups in total. The van der Waals surface area contributed by atoms with Gasteiger partial charge < -0.3 is 14.3 Å². The van der Waals surface area contributed by atoms with Gasteiger partial charge in [0, 0.05) is 10.9 Å². The lowest BCUT2D eigenvalue weighted by Crippen LogP contribution is -2.19. The van der Waals surface area contributed by atoms with E-state index in [1.54, 1.807) is 12.3 Å². The van der Waals surface area contributed by atoms with Gasteiger partial charge in [-0.05, 0) is 36.4 Å². The number of aliphatic hydroxyl groups excluding tert-OH is 1. The van der Waals surface area contributed by atoms with Crippen LogP contribution in [0.2, 0.25) is 0 Å². The monoisotopic (exact) mass is 296 g/mol. The normalized spacial score (nSPS) is 12.4. The van der Waals surface area contributed by atoms with Crippen LogP contribution in [-0.4, -0.2) is 17.8 Å². The average Bonchev–Trinajstić information content (AvgIpc) is 2.81. The molecule has 2 rings (SSSR count). The standard InChI is InChI=1S/C13H13BrO3/c14-10-3-5-12(6-4-10)17-9-11(15)8-13-2-1-7-16-13/h1-7,11,15H,8-9H2. The van der Waals surface area contributed by atoms with Crippen LogP contribution in [0.1, 0.15) is 5.76 Å². The highest BCUT2D eigenvalue weighted by Crippen LogP contribution is 2.16. The summed E-state index contributed by atoms with van der Waals surface area (Å²) in [6.45, 7) is 0.252. The third kappa shape index (κ3) is 3.91. The molecule has 0 aliphatic rings. The zero-order chi connectivity index (χ0) is 12.1. The molecule has 1 atom stereocenters. The first-order chi connectivity index (χ1) is 8.24. The van der Waals surface area contributed by atoms with Crippen LogP contribution in [0, 0.1) is 0 Å². The van der Waals surface area contributed by atoms with Crippen molar-refractivity contribution in [2.24, 2.45) is 0 Å². The Hall–Kier alpha value is -1.26. The molecule has 3 nitrogen and oxygen atoms in total. The van der Waals surface area contributed by atoms with Crippen LogP contribution >= 0.6 is 15.9 Å². The molecule has 90 valence electrons. The molecule has 0 aliphatic carbocycles. The first-order valence-corrected chi connectivity index (χ1v) is 6.12. The van der Waals surface area contributed by atoms with Crippen molar-refractivity contribution < 1.29 is 14.3 Å². The van der Waals surface area contributed by atoms with Gasteiger partial charge in [0.05, 0.1) is 12.4 Å². The molecule has 0 aliphatic heterocycles. The highest BCUT2D eigenvalue weighted by Gasteiger charge is 2.08. The Morgan fingerprint density at radius 1 is 1.24 bits per heavy atom. The maximum Gasteiger partial charge on any atom is 0.119 e. The largest absolute Gasteiger partial charge is 0.491 e. The quantitative estimate of drug-likeness (QED) is 0.922. The summed E-state index contributed by atoms with van der Waals surface area (Å²) in [7, 11) is 0. The highest BCUT2D eigenvalue weighted by atomic mass is 79.9. The Morgan fingerprint density at radius 2 is 2.00 bits per heavy atom. The van der Waals surface area contributed by atoms with E-state index in [2.05, 4.69) is 15.9 Å².